The van der Waals surface area contributed by atoms with Gasteiger partial charge in [0.1, 0.15) is 0 Å². The molecule has 3 heteroatoms. The second kappa shape index (κ2) is 4.95. The fraction of sp³-hybridized carbons (Fsp3) is 1.00. The largest absolute Gasteiger partial charge is 0.396 e. The Bertz CT molecular complexity index is 493. The average Bonchev–Trinajstić information content (AvgIpc) is 2.89. The van der Waals surface area contributed by atoms with Gasteiger partial charge in [0.2, 0.25) is 0 Å². The van der Waals surface area contributed by atoms with E-state index < -0.39 is 5.60 Å². The first-order chi connectivity index (χ1) is 10.8. The van der Waals surface area contributed by atoms with Crippen LogP contribution < -0.4 is 0 Å². The summed E-state index contributed by atoms with van der Waals surface area (Å²) in [5.41, 5.74) is -0.102. The molecule has 0 aromatic rings. The topological polar surface area (TPSA) is 60.7 Å². The molecule has 4 rings (SSSR count). The van der Waals surface area contributed by atoms with Crippen LogP contribution in [-0.2, 0) is 0 Å². The lowest BCUT2D eigenvalue weighted by atomic mass is 9.39. The van der Waals surface area contributed by atoms with Crippen molar-refractivity contribution in [3.05, 3.63) is 0 Å². The monoisotopic (exact) mass is 322 g/mol. The van der Waals surface area contributed by atoms with Gasteiger partial charge in [-0.15, -0.1) is 0 Å². The van der Waals surface area contributed by atoms with Crippen molar-refractivity contribution in [3.8, 4) is 0 Å². The molecule has 3 nitrogen and oxygen atoms in total. The van der Waals surface area contributed by atoms with E-state index in [4.69, 9.17) is 0 Å². The van der Waals surface area contributed by atoms with Gasteiger partial charge < -0.3 is 15.3 Å². The zero-order chi connectivity index (χ0) is 16.5. The van der Waals surface area contributed by atoms with Crippen LogP contribution in [0.25, 0.3) is 0 Å². The molecular weight excluding hydrogens is 288 g/mol. The maximum absolute atomic E-state index is 10.8. The molecule has 7 atom stereocenters. The third-order valence-electron chi connectivity index (χ3n) is 9.36. The Morgan fingerprint density at radius 3 is 2.39 bits per heavy atom. The van der Waals surface area contributed by atoms with E-state index in [-0.39, 0.29) is 17.9 Å². The summed E-state index contributed by atoms with van der Waals surface area (Å²) >= 11 is 0. The molecule has 0 aliphatic heterocycles. The predicted octanol–water partition coefficient (Wildman–Crippen LogP) is 3.12. The first-order valence-corrected chi connectivity index (χ1v) is 9.78. The number of hydrogen-bond donors (Lipinski definition) is 3. The van der Waals surface area contributed by atoms with Gasteiger partial charge in [-0.25, -0.2) is 0 Å². The van der Waals surface area contributed by atoms with E-state index in [1.807, 2.05) is 0 Å². The number of hydrogen-bond acceptors (Lipinski definition) is 3. The fourth-order valence-electron chi connectivity index (χ4n) is 8.00. The van der Waals surface area contributed by atoms with E-state index in [0.29, 0.717) is 23.4 Å². The van der Waals surface area contributed by atoms with Crippen LogP contribution in [0.4, 0.5) is 0 Å². The van der Waals surface area contributed by atoms with E-state index in [1.165, 1.54) is 25.7 Å². The molecule has 0 aromatic heterocycles. The van der Waals surface area contributed by atoms with Crippen molar-refractivity contribution in [2.45, 2.75) is 77.2 Å². The Balaban J connectivity index is 1.74. The molecule has 4 fully saturated rings. The third kappa shape index (κ3) is 1.88. The molecule has 23 heavy (non-hydrogen) atoms. The zero-order valence-electron chi connectivity index (χ0n) is 14.9. The lowest BCUT2D eigenvalue weighted by Gasteiger charge is -2.65. The van der Waals surface area contributed by atoms with E-state index in [0.717, 1.165) is 38.0 Å². The normalized spacial score (nSPS) is 58.6. The average molecular weight is 322 g/mol. The van der Waals surface area contributed by atoms with Gasteiger partial charge in [-0.2, -0.15) is 0 Å². The molecule has 132 valence electrons. The number of rotatable bonds is 2. The summed E-state index contributed by atoms with van der Waals surface area (Å²) in [4.78, 5) is 0. The Kier molecular flexibility index (Phi) is 3.52. The van der Waals surface area contributed by atoms with Gasteiger partial charge in [0.05, 0.1) is 12.2 Å². The molecule has 0 aromatic carbocycles. The van der Waals surface area contributed by atoms with Crippen molar-refractivity contribution in [1.29, 1.82) is 0 Å². The van der Waals surface area contributed by atoms with Crippen LogP contribution >= 0.6 is 0 Å². The quantitative estimate of drug-likeness (QED) is 0.732. The molecule has 4 aliphatic carbocycles. The van der Waals surface area contributed by atoms with Crippen LogP contribution in [0.15, 0.2) is 0 Å². The van der Waals surface area contributed by atoms with Crippen LogP contribution in [-0.4, -0.2) is 34.1 Å². The van der Waals surface area contributed by atoms with Gasteiger partial charge in [-0.1, -0.05) is 20.3 Å². The summed E-state index contributed by atoms with van der Waals surface area (Å²) in [6, 6.07) is 0. The molecule has 0 heterocycles. The minimum atomic E-state index is -0.830. The van der Waals surface area contributed by atoms with Crippen molar-refractivity contribution in [2.75, 3.05) is 13.2 Å². The van der Waals surface area contributed by atoms with Gasteiger partial charge in [0, 0.05) is 6.61 Å². The molecule has 0 unspecified atom stereocenters. The Labute approximate surface area is 140 Å². The smallest absolute Gasteiger partial charge is 0.0905 e. The van der Waals surface area contributed by atoms with Gasteiger partial charge in [-0.3, -0.25) is 0 Å². The highest BCUT2D eigenvalue weighted by Crippen LogP contribution is 2.75. The number of aliphatic hydroxyl groups is 3. The minimum absolute atomic E-state index is 0.0744. The second-order valence-electron chi connectivity index (χ2n) is 9.96. The van der Waals surface area contributed by atoms with Crippen molar-refractivity contribution in [2.24, 2.45) is 34.0 Å². The van der Waals surface area contributed by atoms with Gasteiger partial charge >= 0.3 is 0 Å². The highest BCUT2D eigenvalue weighted by Gasteiger charge is 2.69. The number of fused-ring (bicyclic) bond motifs is 2. The highest BCUT2D eigenvalue weighted by molar-refractivity contribution is 5.18. The highest BCUT2D eigenvalue weighted by atomic mass is 16.3. The van der Waals surface area contributed by atoms with Crippen LogP contribution in [0.2, 0.25) is 0 Å². The first-order valence-electron chi connectivity index (χ1n) is 9.78. The van der Waals surface area contributed by atoms with Crippen LogP contribution in [0, 0.1) is 34.0 Å². The van der Waals surface area contributed by atoms with E-state index in [1.54, 1.807) is 0 Å². The molecule has 4 saturated carbocycles. The summed E-state index contributed by atoms with van der Waals surface area (Å²) in [6.07, 6.45) is 10.2. The van der Waals surface area contributed by atoms with Crippen LogP contribution in [0.3, 0.4) is 0 Å². The summed E-state index contributed by atoms with van der Waals surface area (Å²) < 4.78 is 0. The van der Waals surface area contributed by atoms with Crippen molar-refractivity contribution in [1.82, 2.24) is 0 Å². The predicted molar refractivity (Wildman–Crippen MR) is 89.8 cm³/mol. The van der Waals surface area contributed by atoms with Crippen LogP contribution in [0.1, 0.15) is 71.6 Å². The summed E-state index contributed by atoms with van der Waals surface area (Å²) in [7, 11) is 0. The molecular formula is C20H34O3. The fourth-order valence-corrected chi connectivity index (χ4v) is 8.00. The lowest BCUT2D eigenvalue weighted by Crippen LogP contribution is -2.60. The molecule has 4 aliphatic rings. The Morgan fingerprint density at radius 2 is 1.70 bits per heavy atom. The standard InChI is InChI=1S/C20H34O3/c1-17(12-21)6-3-7-18(2)16(17)5-4-14-10-15-11-19(14,18)8-9-20(15,23)13-22/h14-16,21-23H,3-13H2,1-2H3/t14-,15+,16-,17-,18-,19-,20-/m0/s1. The zero-order valence-corrected chi connectivity index (χ0v) is 14.9. The Hall–Kier alpha value is -0.120. The Morgan fingerprint density at radius 1 is 0.913 bits per heavy atom. The summed E-state index contributed by atoms with van der Waals surface area (Å²) in [6.45, 7) is 5.07. The van der Waals surface area contributed by atoms with E-state index in [2.05, 4.69) is 13.8 Å². The summed E-state index contributed by atoms with van der Waals surface area (Å²) in [5, 5.41) is 30.7. The van der Waals surface area contributed by atoms with Crippen molar-refractivity contribution in [3.63, 3.8) is 0 Å². The van der Waals surface area contributed by atoms with Crippen LogP contribution in [0.5, 0.6) is 0 Å². The molecule has 0 amide bonds. The SMILES string of the molecule is C[C@@]1(CO)CCC[C@@]2(C)[C@H]1CC[C@H]1C[C@@H]3C[C@@]12CC[C@]3(O)CO. The van der Waals surface area contributed by atoms with Gasteiger partial charge in [0.25, 0.3) is 0 Å². The number of aliphatic hydroxyl groups excluding tert-OH is 2. The van der Waals surface area contributed by atoms with Crippen molar-refractivity contribution < 1.29 is 15.3 Å². The lowest BCUT2D eigenvalue weighted by molar-refractivity contribution is -0.187. The van der Waals surface area contributed by atoms with E-state index in [9.17, 15) is 15.3 Å². The van der Waals surface area contributed by atoms with Gasteiger partial charge in [0.15, 0.2) is 0 Å². The first kappa shape index (κ1) is 16.4. The third-order valence-corrected chi connectivity index (χ3v) is 9.36. The minimum Gasteiger partial charge on any atom is -0.396 e. The second-order valence-corrected chi connectivity index (χ2v) is 9.96. The molecule has 3 N–H and O–H groups in total. The van der Waals surface area contributed by atoms with Gasteiger partial charge in [-0.05, 0) is 85.4 Å². The van der Waals surface area contributed by atoms with Crippen molar-refractivity contribution >= 4 is 0 Å². The maximum Gasteiger partial charge on any atom is 0.0905 e. The molecule has 2 bridgehead atoms. The summed E-state index contributed by atoms with van der Waals surface area (Å²) in [5.74, 6) is 1.61. The molecule has 0 radical (unpaired) electrons. The molecule has 0 saturated heterocycles. The van der Waals surface area contributed by atoms with E-state index >= 15 is 0 Å². The molecule has 1 spiro atoms. The maximum atomic E-state index is 10.8.